The molecule has 3 aromatic rings. The van der Waals surface area contributed by atoms with Crippen molar-refractivity contribution < 1.29 is 13.2 Å². The summed E-state index contributed by atoms with van der Waals surface area (Å²) < 4.78 is 33.1. The monoisotopic (exact) mass is 403 g/mol. The number of aryl methyl sites for hydroxylation is 3. The third-order valence-corrected chi connectivity index (χ3v) is 6.63. The normalized spacial score (nSPS) is 11.5. The van der Waals surface area contributed by atoms with Crippen LogP contribution < -0.4 is 9.46 Å². The van der Waals surface area contributed by atoms with Crippen LogP contribution in [-0.2, 0) is 10.0 Å². The zero-order valence-corrected chi connectivity index (χ0v) is 17.0. The summed E-state index contributed by atoms with van der Waals surface area (Å²) in [5.41, 5.74) is 3.52. The molecule has 0 saturated heterocycles. The van der Waals surface area contributed by atoms with Crippen LogP contribution in [0.25, 0.3) is 10.6 Å². The smallest absolute Gasteiger partial charge is 0.240 e. The number of aromatic nitrogens is 2. The van der Waals surface area contributed by atoms with Gasteiger partial charge in [0.2, 0.25) is 15.9 Å². The Balaban J connectivity index is 1.56. The molecule has 8 heteroatoms. The fourth-order valence-corrected chi connectivity index (χ4v) is 4.60. The Morgan fingerprint density at radius 3 is 2.48 bits per heavy atom. The number of nitrogens with one attached hydrogen (secondary N) is 1. The van der Waals surface area contributed by atoms with Crippen molar-refractivity contribution in [3.05, 3.63) is 58.5 Å². The fourth-order valence-electron chi connectivity index (χ4n) is 2.59. The highest BCUT2D eigenvalue weighted by molar-refractivity contribution is 7.89. The Morgan fingerprint density at radius 2 is 1.81 bits per heavy atom. The SMILES string of the molecule is Cc1cc(C)c(S(=O)(=O)NCCOc2ccc(-c3cccs3)nn2)cc1C. The van der Waals surface area contributed by atoms with Crippen molar-refractivity contribution in [2.45, 2.75) is 25.7 Å². The van der Waals surface area contributed by atoms with Crippen molar-refractivity contribution in [3.63, 3.8) is 0 Å². The molecule has 0 aliphatic heterocycles. The second-order valence-corrected chi connectivity index (χ2v) is 8.87. The second-order valence-electron chi connectivity index (χ2n) is 6.18. The first-order valence-electron chi connectivity index (χ1n) is 8.45. The minimum Gasteiger partial charge on any atom is -0.475 e. The van der Waals surface area contributed by atoms with E-state index in [9.17, 15) is 8.42 Å². The van der Waals surface area contributed by atoms with Crippen LogP contribution in [0.15, 0.2) is 46.7 Å². The van der Waals surface area contributed by atoms with E-state index < -0.39 is 10.0 Å². The molecule has 0 aliphatic rings. The average molecular weight is 404 g/mol. The van der Waals surface area contributed by atoms with Gasteiger partial charge in [-0.3, -0.25) is 0 Å². The van der Waals surface area contributed by atoms with Crippen molar-refractivity contribution >= 4 is 21.4 Å². The zero-order valence-electron chi connectivity index (χ0n) is 15.4. The summed E-state index contributed by atoms with van der Waals surface area (Å²) in [6.07, 6.45) is 0. The van der Waals surface area contributed by atoms with Crippen LogP contribution in [0.3, 0.4) is 0 Å². The van der Waals surface area contributed by atoms with E-state index in [0.29, 0.717) is 10.8 Å². The van der Waals surface area contributed by atoms with Crippen LogP contribution in [0.5, 0.6) is 5.88 Å². The quantitative estimate of drug-likeness (QED) is 0.611. The van der Waals surface area contributed by atoms with Gasteiger partial charge in [0.1, 0.15) is 12.3 Å². The minimum atomic E-state index is -3.59. The van der Waals surface area contributed by atoms with Gasteiger partial charge >= 0.3 is 0 Å². The molecule has 27 heavy (non-hydrogen) atoms. The van der Waals surface area contributed by atoms with Crippen LogP contribution in [-0.4, -0.2) is 31.8 Å². The van der Waals surface area contributed by atoms with Crippen molar-refractivity contribution in [1.29, 1.82) is 0 Å². The van der Waals surface area contributed by atoms with Crippen LogP contribution in [0.2, 0.25) is 0 Å². The average Bonchev–Trinajstić information content (AvgIpc) is 3.17. The number of thiophene rings is 1. The molecule has 0 atom stereocenters. The van der Waals surface area contributed by atoms with Gasteiger partial charge in [-0.25, -0.2) is 13.1 Å². The van der Waals surface area contributed by atoms with Crippen molar-refractivity contribution in [2.75, 3.05) is 13.2 Å². The molecule has 0 radical (unpaired) electrons. The standard InChI is InChI=1S/C19H21N3O3S2/c1-13-11-15(3)18(12-14(13)2)27(23,24)20-8-9-25-19-7-6-16(21-22-19)17-5-4-10-26-17/h4-7,10-12,20H,8-9H2,1-3H3. The highest BCUT2D eigenvalue weighted by Gasteiger charge is 2.17. The van der Waals surface area contributed by atoms with E-state index in [1.165, 1.54) is 0 Å². The maximum Gasteiger partial charge on any atom is 0.240 e. The van der Waals surface area contributed by atoms with Gasteiger partial charge in [-0.1, -0.05) is 12.1 Å². The Bertz CT molecular complexity index is 1020. The predicted molar refractivity (Wildman–Crippen MR) is 107 cm³/mol. The molecule has 1 N–H and O–H groups in total. The van der Waals surface area contributed by atoms with E-state index in [1.807, 2.05) is 43.5 Å². The van der Waals surface area contributed by atoms with Gasteiger partial charge in [0.05, 0.1) is 9.77 Å². The van der Waals surface area contributed by atoms with E-state index >= 15 is 0 Å². The van der Waals surface area contributed by atoms with Crippen molar-refractivity contribution in [3.8, 4) is 16.5 Å². The molecule has 0 bridgehead atoms. The minimum absolute atomic E-state index is 0.142. The van der Waals surface area contributed by atoms with Crippen LogP contribution in [0.4, 0.5) is 0 Å². The summed E-state index contributed by atoms with van der Waals surface area (Å²) in [6.45, 7) is 5.96. The summed E-state index contributed by atoms with van der Waals surface area (Å²) in [5, 5.41) is 10.1. The summed E-state index contributed by atoms with van der Waals surface area (Å²) in [6, 6.07) is 11.1. The molecule has 0 unspecified atom stereocenters. The lowest BCUT2D eigenvalue weighted by Crippen LogP contribution is -2.29. The molecule has 6 nitrogen and oxygen atoms in total. The van der Waals surface area contributed by atoms with Gasteiger partial charge in [0.15, 0.2) is 0 Å². The first-order chi connectivity index (χ1) is 12.9. The first-order valence-corrected chi connectivity index (χ1v) is 10.8. The third-order valence-electron chi connectivity index (χ3n) is 4.14. The van der Waals surface area contributed by atoms with E-state index in [4.69, 9.17) is 4.74 Å². The molecule has 2 aromatic heterocycles. The molecule has 0 spiro atoms. The Hall–Kier alpha value is -2.29. The zero-order chi connectivity index (χ0) is 19.4. The van der Waals surface area contributed by atoms with Gasteiger partial charge < -0.3 is 4.74 Å². The number of benzene rings is 1. The summed E-state index contributed by atoms with van der Waals surface area (Å²) in [7, 11) is -3.59. The van der Waals surface area contributed by atoms with Crippen LogP contribution in [0, 0.1) is 20.8 Å². The fraction of sp³-hybridized carbons (Fsp3) is 0.263. The molecule has 0 amide bonds. The number of rotatable bonds is 7. The second kappa shape index (κ2) is 8.16. The first kappa shape index (κ1) is 19.5. The lowest BCUT2D eigenvalue weighted by atomic mass is 10.1. The molecule has 0 saturated carbocycles. The predicted octanol–water partition coefficient (Wildman–Crippen LogP) is 3.49. The number of hydrogen-bond acceptors (Lipinski definition) is 6. The summed E-state index contributed by atoms with van der Waals surface area (Å²) in [4.78, 5) is 1.33. The highest BCUT2D eigenvalue weighted by Crippen LogP contribution is 2.23. The van der Waals surface area contributed by atoms with Gasteiger partial charge in [-0.05, 0) is 61.0 Å². The van der Waals surface area contributed by atoms with Gasteiger partial charge in [0.25, 0.3) is 0 Å². The third kappa shape index (κ3) is 4.71. The Kier molecular flexibility index (Phi) is 5.88. The summed E-state index contributed by atoms with van der Waals surface area (Å²) in [5.74, 6) is 0.358. The maximum atomic E-state index is 12.5. The number of nitrogens with zero attached hydrogens (tertiary/aromatic N) is 2. The molecular formula is C19H21N3O3S2. The van der Waals surface area contributed by atoms with E-state index in [-0.39, 0.29) is 13.2 Å². The largest absolute Gasteiger partial charge is 0.475 e. The Labute approximate surface area is 163 Å². The molecule has 0 aliphatic carbocycles. The maximum absolute atomic E-state index is 12.5. The molecule has 2 heterocycles. The van der Waals surface area contributed by atoms with Gasteiger partial charge in [-0.15, -0.1) is 21.5 Å². The van der Waals surface area contributed by atoms with E-state index in [0.717, 1.165) is 27.3 Å². The lowest BCUT2D eigenvalue weighted by molar-refractivity contribution is 0.307. The van der Waals surface area contributed by atoms with Crippen LogP contribution in [0.1, 0.15) is 16.7 Å². The molecule has 0 fully saturated rings. The van der Waals surface area contributed by atoms with Crippen LogP contribution >= 0.6 is 11.3 Å². The molecule has 3 rings (SSSR count). The number of sulfonamides is 1. The molecular weight excluding hydrogens is 382 g/mol. The van der Waals surface area contributed by atoms with E-state index in [2.05, 4.69) is 14.9 Å². The lowest BCUT2D eigenvalue weighted by Gasteiger charge is -2.12. The van der Waals surface area contributed by atoms with Gasteiger partial charge in [0, 0.05) is 12.6 Å². The summed E-state index contributed by atoms with van der Waals surface area (Å²) >= 11 is 1.59. The van der Waals surface area contributed by atoms with Gasteiger partial charge in [-0.2, -0.15) is 0 Å². The number of ether oxygens (including phenoxy) is 1. The van der Waals surface area contributed by atoms with Crippen molar-refractivity contribution in [2.24, 2.45) is 0 Å². The topological polar surface area (TPSA) is 81.2 Å². The van der Waals surface area contributed by atoms with Crippen molar-refractivity contribution in [1.82, 2.24) is 14.9 Å². The number of hydrogen-bond donors (Lipinski definition) is 1. The molecule has 142 valence electrons. The molecule has 1 aromatic carbocycles. The van der Waals surface area contributed by atoms with E-state index in [1.54, 1.807) is 30.4 Å². The Morgan fingerprint density at radius 1 is 1.04 bits per heavy atom. The highest BCUT2D eigenvalue weighted by atomic mass is 32.2.